The molecule has 0 radical (unpaired) electrons. The van der Waals surface area contributed by atoms with Crippen LogP contribution >= 0.6 is 0 Å². The number of hydrogen-bond donors (Lipinski definition) is 1. The first-order valence-corrected chi connectivity index (χ1v) is 9.96. The van der Waals surface area contributed by atoms with Crippen molar-refractivity contribution < 1.29 is 23.8 Å². The van der Waals surface area contributed by atoms with Gasteiger partial charge < -0.3 is 24.4 Å². The zero-order chi connectivity index (χ0) is 20.9. The molecular formula is C22H25N3O5. The number of fused-ring (bicyclic) bond motifs is 1. The van der Waals surface area contributed by atoms with E-state index in [1.54, 1.807) is 42.3 Å². The number of para-hydroxylation sites is 2. The summed E-state index contributed by atoms with van der Waals surface area (Å²) < 4.78 is 16.6. The minimum atomic E-state index is -0.634. The van der Waals surface area contributed by atoms with Crippen LogP contribution in [0.1, 0.15) is 0 Å². The Hall–Kier alpha value is -3.26. The number of carbonyl (C=O) groups is 2. The van der Waals surface area contributed by atoms with Crippen molar-refractivity contribution >= 4 is 17.5 Å². The summed E-state index contributed by atoms with van der Waals surface area (Å²) in [6, 6.07) is 14.6. The lowest BCUT2D eigenvalue weighted by molar-refractivity contribution is -0.143. The maximum absolute atomic E-state index is 12.8. The molecule has 2 aliphatic rings. The number of benzene rings is 2. The lowest BCUT2D eigenvalue weighted by Crippen LogP contribution is -2.54. The van der Waals surface area contributed by atoms with Gasteiger partial charge in [0.1, 0.15) is 12.4 Å². The fourth-order valence-corrected chi connectivity index (χ4v) is 3.55. The van der Waals surface area contributed by atoms with Gasteiger partial charge in [0, 0.05) is 31.9 Å². The monoisotopic (exact) mass is 411 g/mol. The molecule has 1 N–H and O–H groups in total. The van der Waals surface area contributed by atoms with Crippen molar-refractivity contribution in [1.29, 1.82) is 0 Å². The number of hydrogen-bond acceptors (Lipinski definition) is 6. The van der Waals surface area contributed by atoms with E-state index in [1.165, 1.54) is 0 Å². The Morgan fingerprint density at radius 1 is 1.03 bits per heavy atom. The molecule has 2 amide bonds. The first-order valence-electron chi connectivity index (χ1n) is 9.96. The Kier molecular flexibility index (Phi) is 6.04. The molecule has 2 heterocycles. The van der Waals surface area contributed by atoms with Crippen molar-refractivity contribution in [2.75, 3.05) is 51.8 Å². The highest BCUT2D eigenvalue weighted by Gasteiger charge is 2.32. The van der Waals surface area contributed by atoms with Crippen molar-refractivity contribution in [2.45, 2.75) is 6.10 Å². The lowest BCUT2D eigenvalue weighted by Gasteiger charge is -2.36. The molecule has 1 fully saturated rings. The minimum absolute atomic E-state index is 0.0770. The number of methoxy groups -OCH3 is 1. The number of piperazine rings is 1. The van der Waals surface area contributed by atoms with Crippen LogP contribution < -0.4 is 19.5 Å². The van der Waals surface area contributed by atoms with Crippen LogP contribution in [0.2, 0.25) is 0 Å². The van der Waals surface area contributed by atoms with Crippen LogP contribution in [0, 0.1) is 0 Å². The smallest absolute Gasteiger partial charge is 0.267 e. The molecule has 2 aliphatic heterocycles. The second kappa shape index (κ2) is 9.04. The van der Waals surface area contributed by atoms with E-state index < -0.39 is 6.10 Å². The molecule has 2 aromatic rings. The van der Waals surface area contributed by atoms with Gasteiger partial charge in [-0.15, -0.1) is 0 Å². The average Bonchev–Trinajstić information content (AvgIpc) is 2.79. The quantitative estimate of drug-likeness (QED) is 0.806. The Balaban J connectivity index is 1.23. The minimum Gasteiger partial charge on any atom is -0.497 e. The predicted molar refractivity (Wildman–Crippen MR) is 111 cm³/mol. The summed E-state index contributed by atoms with van der Waals surface area (Å²) in [7, 11) is 1.60. The maximum Gasteiger partial charge on any atom is 0.267 e. The van der Waals surface area contributed by atoms with E-state index in [2.05, 4.69) is 5.32 Å². The number of nitrogens with zero attached hydrogens (tertiary/aromatic N) is 2. The first kappa shape index (κ1) is 20.0. The maximum atomic E-state index is 12.8. The number of amides is 2. The van der Waals surface area contributed by atoms with Gasteiger partial charge in [0.15, 0.2) is 11.5 Å². The standard InChI is InChI=1S/C22H25N3O5/c1-28-17-8-6-16(7-9-17)23-21(26)14-24-10-12-25(13-11-24)22(27)20-15-29-18-4-2-3-5-19(18)30-20/h2-9,20H,10-15H2,1H3,(H,23,26)/t20-/m1/s1. The van der Waals surface area contributed by atoms with Crippen LogP contribution in [0.3, 0.4) is 0 Å². The number of rotatable bonds is 5. The summed E-state index contributed by atoms with van der Waals surface area (Å²) in [5, 5.41) is 2.88. The van der Waals surface area contributed by atoms with Gasteiger partial charge in [0.25, 0.3) is 5.91 Å². The van der Waals surface area contributed by atoms with Crippen molar-refractivity contribution in [3.05, 3.63) is 48.5 Å². The largest absolute Gasteiger partial charge is 0.497 e. The molecule has 30 heavy (non-hydrogen) atoms. The van der Waals surface area contributed by atoms with Crippen molar-refractivity contribution in [3.63, 3.8) is 0 Å². The van der Waals surface area contributed by atoms with E-state index in [0.29, 0.717) is 37.7 Å². The van der Waals surface area contributed by atoms with Gasteiger partial charge in [-0.1, -0.05) is 12.1 Å². The zero-order valence-electron chi connectivity index (χ0n) is 16.9. The van der Waals surface area contributed by atoms with Gasteiger partial charge in [-0.2, -0.15) is 0 Å². The molecule has 8 nitrogen and oxygen atoms in total. The van der Waals surface area contributed by atoms with Gasteiger partial charge >= 0.3 is 0 Å². The second-order valence-electron chi connectivity index (χ2n) is 7.24. The Bertz CT molecular complexity index is 894. The van der Waals surface area contributed by atoms with Gasteiger partial charge in [-0.05, 0) is 36.4 Å². The SMILES string of the molecule is COc1ccc(NC(=O)CN2CCN(C(=O)[C@H]3COc4ccccc4O3)CC2)cc1. The molecule has 1 atom stereocenters. The van der Waals surface area contributed by atoms with Crippen LogP contribution in [0.25, 0.3) is 0 Å². The lowest BCUT2D eigenvalue weighted by atomic mass is 10.2. The van der Waals surface area contributed by atoms with E-state index >= 15 is 0 Å². The molecule has 158 valence electrons. The molecule has 4 rings (SSSR count). The second-order valence-corrected chi connectivity index (χ2v) is 7.24. The molecule has 0 unspecified atom stereocenters. The van der Waals surface area contributed by atoms with Gasteiger partial charge in [0.2, 0.25) is 12.0 Å². The van der Waals surface area contributed by atoms with Gasteiger partial charge in [-0.25, -0.2) is 0 Å². The normalized spacial score (nSPS) is 18.6. The molecular weight excluding hydrogens is 386 g/mol. The molecule has 0 aromatic heterocycles. The third kappa shape index (κ3) is 4.65. The van der Waals surface area contributed by atoms with E-state index in [0.717, 1.165) is 11.4 Å². The summed E-state index contributed by atoms with van der Waals surface area (Å²) in [5.41, 5.74) is 0.726. The summed E-state index contributed by atoms with van der Waals surface area (Å²) in [6.45, 7) is 2.86. The van der Waals surface area contributed by atoms with Crippen LogP contribution in [-0.4, -0.2) is 74.2 Å². The molecule has 0 bridgehead atoms. The fraction of sp³-hybridized carbons (Fsp3) is 0.364. The Labute approximate surface area is 175 Å². The topological polar surface area (TPSA) is 80.3 Å². The van der Waals surface area contributed by atoms with E-state index in [9.17, 15) is 9.59 Å². The highest BCUT2D eigenvalue weighted by atomic mass is 16.6. The van der Waals surface area contributed by atoms with Crippen LogP contribution in [0.15, 0.2) is 48.5 Å². The number of carbonyl (C=O) groups excluding carboxylic acids is 2. The molecule has 2 aromatic carbocycles. The van der Waals surface area contributed by atoms with E-state index in [-0.39, 0.29) is 25.0 Å². The predicted octanol–water partition coefficient (Wildman–Crippen LogP) is 1.62. The van der Waals surface area contributed by atoms with Crippen molar-refractivity contribution in [1.82, 2.24) is 9.80 Å². The highest BCUT2D eigenvalue weighted by molar-refractivity contribution is 5.92. The summed E-state index contributed by atoms with van der Waals surface area (Å²) in [6.07, 6.45) is -0.634. The fourth-order valence-electron chi connectivity index (χ4n) is 3.55. The van der Waals surface area contributed by atoms with Crippen molar-refractivity contribution in [3.8, 4) is 17.2 Å². The highest BCUT2D eigenvalue weighted by Crippen LogP contribution is 2.31. The summed E-state index contributed by atoms with van der Waals surface area (Å²) >= 11 is 0. The Morgan fingerprint density at radius 3 is 2.43 bits per heavy atom. The van der Waals surface area contributed by atoms with E-state index in [4.69, 9.17) is 14.2 Å². The van der Waals surface area contributed by atoms with Crippen molar-refractivity contribution in [2.24, 2.45) is 0 Å². The van der Waals surface area contributed by atoms with Crippen LogP contribution in [-0.2, 0) is 9.59 Å². The average molecular weight is 411 g/mol. The summed E-state index contributed by atoms with van der Waals surface area (Å²) in [4.78, 5) is 28.9. The molecule has 0 spiro atoms. The molecule has 1 saturated heterocycles. The zero-order valence-corrected chi connectivity index (χ0v) is 16.9. The number of ether oxygens (including phenoxy) is 3. The van der Waals surface area contributed by atoms with Gasteiger partial charge in [0.05, 0.1) is 13.7 Å². The first-order chi connectivity index (χ1) is 14.6. The number of nitrogens with one attached hydrogen (secondary N) is 1. The Morgan fingerprint density at radius 2 is 1.73 bits per heavy atom. The van der Waals surface area contributed by atoms with Crippen LogP contribution in [0.4, 0.5) is 5.69 Å². The summed E-state index contributed by atoms with van der Waals surface area (Å²) in [5.74, 6) is 1.84. The van der Waals surface area contributed by atoms with Gasteiger partial charge in [-0.3, -0.25) is 14.5 Å². The molecule has 8 heteroatoms. The van der Waals surface area contributed by atoms with Crippen LogP contribution in [0.5, 0.6) is 17.2 Å². The number of anilines is 1. The van der Waals surface area contributed by atoms with E-state index in [1.807, 2.05) is 23.1 Å². The molecule has 0 aliphatic carbocycles. The third-order valence-corrected chi connectivity index (χ3v) is 5.21. The third-order valence-electron chi connectivity index (χ3n) is 5.21. The molecule has 0 saturated carbocycles.